The molecule has 0 aromatic carbocycles. The molecule has 0 spiro atoms. The van der Waals surface area contributed by atoms with Gasteiger partial charge in [0.2, 0.25) is 0 Å². The number of aliphatic imine (C=N–C) groups is 1. The van der Waals surface area contributed by atoms with Crippen molar-refractivity contribution in [2.75, 3.05) is 6.54 Å². The summed E-state index contributed by atoms with van der Waals surface area (Å²) in [4.78, 5) is 9.21. The molecule has 632 valence electrons. The summed E-state index contributed by atoms with van der Waals surface area (Å²) in [6.07, 6.45) is 48.2. The summed E-state index contributed by atoms with van der Waals surface area (Å²) in [6.45, 7) is 63.8. The van der Waals surface area contributed by atoms with Crippen LogP contribution in [0, 0.1) is 142 Å². The van der Waals surface area contributed by atoms with E-state index >= 15 is 0 Å². The first-order valence-corrected chi connectivity index (χ1v) is 47.3. The Balaban J connectivity index is 0.000000180. The van der Waals surface area contributed by atoms with Crippen LogP contribution in [0.3, 0.4) is 0 Å². The molecule has 6 heterocycles. The summed E-state index contributed by atoms with van der Waals surface area (Å²) in [5, 5.41) is 21.6. The monoisotopic (exact) mass is 1540 g/mol. The van der Waals surface area contributed by atoms with E-state index in [4.69, 9.17) is 0 Å². The van der Waals surface area contributed by atoms with Crippen LogP contribution in [0.15, 0.2) is 83.7 Å². The Labute approximate surface area is 690 Å². The Kier molecular flexibility index (Phi) is 39.1. The predicted molar refractivity (Wildman–Crippen MR) is 487 cm³/mol. The zero-order chi connectivity index (χ0) is 82.2. The SMILES string of the molecule is CC(C)C.CC(C)C.CC(C)C.CC(C)C.CC(C)C1=C2C3CCC(C3)C2C=NN1.CC(C)C1=C2C3CCC(C3)C2C=NN1.CC(C)C1=C2CCCCCCC2C=NC1.CC(C)C1=C2CCCCCCC2C=NN1.CC(C)c1nccc2c1CCC1C(CC2)C1C(C)C.CC(C)c1nncc2c1CCC1C(CC2)C1C(C)C. The van der Waals surface area contributed by atoms with Crippen LogP contribution in [-0.4, -0.2) is 46.6 Å². The Morgan fingerprint density at radius 3 is 1.20 bits per heavy atom. The fraction of sp³-hybridized carbons (Fsp3) is 0.794. The third-order valence-corrected chi connectivity index (χ3v) is 26.2. The van der Waals surface area contributed by atoms with E-state index in [1.54, 1.807) is 39.0 Å². The van der Waals surface area contributed by atoms with Gasteiger partial charge in [-0.15, -0.1) is 0 Å². The fourth-order valence-electron chi connectivity index (χ4n) is 21.3. The largest absolute Gasteiger partial charge is 0.292 e. The van der Waals surface area contributed by atoms with Crippen molar-refractivity contribution in [1.29, 1.82) is 0 Å². The van der Waals surface area contributed by atoms with Crippen LogP contribution in [0.1, 0.15) is 381 Å². The number of aryl methyl sites for hydroxylation is 2. The van der Waals surface area contributed by atoms with Crippen molar-refractivity contribution in [2.24, 2.45) is 162 Å². The maximum absolute atomic E-state index is 4.66. The molecule has 14 aliphatic rings. The number of dihydropyridines is 1. The number of aromatic nitrogens is 3. The van der Waals surface area contributed by atoms with E-state index in [-0.39, 0.29) is 0 Å². The highest BCUT2D eigenvalue weighted by Gasteiger charge is 2.52. The first-order valence-electron chi connectivity index (χ1n) is 47.3. The maximum Gasteiger partial charge on any atom is 0.0691 e. The zero-order valence-electron chi connectivity index (χ0n) is 77.8. The smallest absolute Gasteiger partial charge is 0.0691 e. The quantitative estimate of drug-likeness (QED) is 0.226. The van der Waals surface area contributed by atoms with Crippen LogP contribution in [0.25, 0.3) is 0 Å². The van der Waals surface area contributed by atoms with Gasteiger partial charge in [0.1, 0.15) is 0 Å². The summed E-state index contributed by atoms with van der Waals surface area (Å²) >= 11 is 0. The summed E-state index contributed by atoms with van der Waals surface area (Å²) in [6, 6.07) is 2.27. The summed E-state index contributed by atoms with van der Waals surface area (Å²) < 4.78 is 0. The lowest BCUT2D eigenvalue weighted by Crippen LogP contribution is -2.28. The van der Waals surface area contributed by atoms with E-state index in [1.165, 1.54) is 207 Å². The average Bonchev–Trinajstić information content (AvgIpc) is 1.62. The molecule has 3 N–H and O–H groups in total. The molecular formula is C102H174N10. The van der Waals surface area contributed by atoms with Crippen molar-refractivity contribution in [3.63, 3.8) is 0 Å². The van der Waals surface area contributed by atoms with Gasteiger partial charge >= 0.3 is 0 Å². The van der Waals surface area contributed by atoms with E-state index in [1.807, 2.05) is 12.4 Å². The third-order valence-electron chi connectivity index (χ3n) is 26.2. The number of rotatable bonds is 8. The molecule has 4 bridgehead atoms. The van der Waals surface area contributed by atoms with Crippen LogP contribution < -0.4 is 16.3 Å². The van der Waals surface area contributed by atoms with Gasteiger partial charge < -0.3 is 0 Å². The Morgan fingerprint density at radius 2 is 0.759 bits per heavy atom. The van der Waals surface area contributed by atoms with Crippen LogP contribution in [0.5, 0.6) is 0 Å². The van der Waals surface area contributed by atoms with Gasteiger partial charge in [0.25, 0.3) is 0 Å². The van der Waals surface area contributed by atoms with E-state index in [2.05, 4.69) is 277 Å². The summed E-state index contributed by atoms with van der Waals surface area (Å²) in [5.41, 5.74) is 31.1. The molecule has 112 heavy (non-hydrogen) atoms. The molecule has 2 aromatic heterocycles. The molecule has 0 saturated heterocycles. The summed E-state index contributed by atoms with van der Waals surface area (Å²) in [7, 11) is 0. The van der Waals surface area contributed by atoms with Gasteiger partial charge in [-0.05, 0) is 309 Å². The molecule has 0 amide bonds. The number of nitrogens with one attached hydrogen (secondary N) is 3. The van der Waals surface area contributed by atoms with Gasteiger partial charge in [0.15, 0.2) is 0 Å². The Bertz CT molecular complexity index is 3150. The third kappa shape index (κ3) is 27.7. The van der Waals surface area contributed by atoms with Gasteiger partial charge in [-0.2, -0.15) is 25.5 Å². The second kappa shape index (κ2) is 46.4. The van der Waals surface area contributed by atoms with Crippen molar-refractivity contribution in [3.05, 3.63) is 97.1 Å². The highest BCUT2D eigenvalue weighted by molar-refractivity contribution is 5.71. The minimum Gasteiger partial charge on any atom is -0.292 e. The topological polar surface area (TPSA) is 124 Å². The van der Waals surface area contributed by atoms with Gasteiger partial charge in [-0.25, -0.2) is 0 Å². The number of allylic oxidation sites excluding steroid dienone is 7. The van der Waals surface area contributed by atoms with Crippen molar-refractivity contribution in [3.8, 4) is 0 Å². The minimum atomic E-state index is 0.498. The second-order valence-electron chi connectivity index (χ2n) is 42.0. The Morgan fingerprint density at radius 1 is 0.357 bits per heavy atom. The van der Waals surface area contributed by atoms with E-state index < -0.39 is 0 Å². The normalized spacial score (nSPS) is 28.5. The molecule has 10 heteroatoms. The van der Waals surface area contributed by atoms with Crippen molar-refractivity contribution < 1.29 is 0 Å². The van der Waals surface area contributed by atoms with E-state index in [9.17, 15) is 0 Å². The van der Waals surface area contributed by atoms with Crippen LogP contribution in [0.4, 0.5) is 0 Å². The number of pyridine rings is 1. The average molecular weight is 1540 g/mol. The lowest BCUT2D eigenvalue weighted by molar-refractivity contribution is 0.470. The molecule has 0 radical (unpaired) electrons. The number of nitrogens with zero attached hydrogens (tertiary/aromatic N) is 7. The molecule has 10 aliphatic carbocycles. The molecule has 2 aromatic rings. The van der Waals surface area contributed by atoms with Crippen LogP contribution in [0.2, 0.25) is 0 Å². The first-order chi connectivity index (χ1) is 53.2. The van der Waals surface area contributed by atoms with Crippen LogP contribution >= 0.6 is 0 Å². The molecule has 4 aliphatic heterocycles. The fourth-order valence-corrected chi connectivity index (χ4v) is 21.3. The standard InChI is InChI=1S/C18H27N.C17H26N2.C14H23N.C13H22N2.2C12H18N2.4C4H10/c1-11(2)17-15-6-5-13-9-10-19-18(12(3)4)14(13)7-8-16(15)17;1-10(2)16-14-6-5-12-9-18-19-17(11(3)4)13(12)7-8-15(14)16;1-11(2)14-10-15-9-12-7-5-3-4-6-8-13(12)14;1-10(2)13-12-8-6-4-3-5-7-11(12)9-14-15-13;2*1-7(2)12-11-9-4-3-8(5-9)10(11)6-13-14-12;4*1-4(2)3/h9-12,15-17H,5-8H2,1-4H3;9-11,14-16H,5-8H2,1-4H3;9,11-12H,3-8,10H2,1-2H3;9-11,15H,3-8H2,1-2H3;2*6-10,14H,3-5H2,1-2H3;4*4H,1-3H3. The molecule has 10 nitrogen and oxygen atoms in total. The van der Waals surface area contributed by atoms with Gasteiger partial charge in [0, 0.05) is 77.5 Å². The minimum absolute atomic E-state index is 0.498. The lowest BCUT2D eigenvalue weighted by Gasteiger charge is -2.29. The van der Waals surface area contributed by atoms with Gasteiger partial charge in [0.05, 0.1) is 18.4 Å². The van der Waals surface area contributed by atoms with Crippen LogP contribution in [-0.2, 0) is 25.7 Å². The first kappa shape index (κ1) is 94.4. The summed E-state index contributed by atoms with van der Waals surface area (Å²) in [5.74, 6) is 20.9. The molecular weight excluding hydrogens is 1370 g/mol. The maximum atomic E-state index is 4.66. The number of hydrogen-bond donors (Lipinski definition) is 3. The Hall–Kier alpha value is -4.73. The number of hydrazone groups is 3. The zero-order valence-corrected chi connectivity index (χ0v) is 77.8. The molecule has 8 saturated carbocycles. The highest BCUT2D eigenvalue weighted by Crippen LogP contribution is 2.59. The van der Waals surface area contributed by atoms with E-state index in [0.717, 1.165) is 101 Å². The van der Waals surface area contributed by atoms with Gasteiger partial charge in [-0.1, -0.05) is 238 Å². The second-order valence-corrected chi connectivity index (χ2v) is 42.0. The van der Waals surface area contributed by atoms with Crippen molar-refractivity contribution >= 4 is 24.9 Å². The number of fused-ring (bicyclic) bond motifs is 16. The van der Waals surface area contributed by atoms with Crippen molar-refractivity contribution in [1.82, 2.24) is 31.5 Å². The lowest BCUT2D eigenvalue weighted by atomic mass is 9.80. The number of hydrogen-bond acceptors (Lipinski definition) is 10. The van der Waals surface area contributed by atoms with Crippen molar-refractivity contribution in [2.45, 2.75) is 373 Å². The molecule has 14 atom stereocenters. The molecule has 14 unspecified atom stereocenters. The van der Waals surface area contributed by atoms with E-state index in [0.29, 0.717) is 59.2 Å². The van der Waals surface area contributed by atoms with Gasteiger partial charge in [-0.3, -0.25) is 26.3 Å². The highest BCUT2D eigenvalue weighted by atomic mass is 15.3. The molecule has 16 rings (SSSR count). The molecule has 8 fully saturated rings. The predicted octanol–water partition coefficient (Wildman–Crippen LogP) is 27.8.